The van der Waals surface area contributed by atoms with Crippen LogP contribution < -0.4 is 0 Å². The zero-order valence-electron chi connectivity index (χ0n) is 23.7. The Morgan fingerprint density at radius 2 is 1.84 bits per heavy atom. The molecule has 212 valence electrons. The summed E-state index contributed by atoms with van der Waals surface area (Å²) in [4.78, 5) is 37.4. The zero-order chi connectivity index (χ0) is 28.3. The largest absolute Gasteiger partial charge is 0.458 e. The second kappa shape index (κ2) is 12.2. The summed E-state index contributed by atoms with van der Waals surface area (Å²) in [5, 5.41) is 0. The topological polar surface area (TPSA) is 97.4 Å². The average molecular weight is 533 g/mol. The molecule has 1 saturated carbocycles. The fourth-order valence-corrected chi connectivity index (χ4v) is 6.76. The summed E-state index contributed by atoms with van der Waals surface area (Å²) in [5.41, 5.74) is 0.351. The number of carbonyl (C=O) groups is 3. The van der Waals surface area contributed by atoms with Gasteiger partial charge in [-0.1, -0.05) is 52.5 Å². The first-order chi connectivity index (χ1) is 18.0. The molecule has 0 amide bonds. The van der Waals surface area contributed by atoms with Crippen LogP contribution in [0.4, 0.5) is 0 Å². The van der Waals surface area contributed by atoms with Gasteiger partial charge in [0, 0.05) is 32.4 Å². The van der Waals surface area contributed by atoms with Crippen molar-refractivity contribution in [3.05, 3.63) is 36.5 Å². The fourth-order valence-electron chi connectivity index (χ4n) is 6.76. The summed E-state index contributed by atoms with van der Waals surface area (Å²) in [6.07, 6.45) is 4.34. The van der Waals surface area contributed by atoms with Crippen molar-refractivity contribution in [2.45, 2.75) is 104 Å². The second-order valence-electron chi connectivity index (χ2n) is 11.1. The molecule has 0 unspecified atom stereocenters. The first kappa shape index (κ1) is 30.1. The van der Waals surface area contributed by atoms with E-state index in [4.69, 9.17) is 23.7 Å². The highest BCUT2D eigenvalue weighted by atomic mass is 16.8. The van der Waals surface area contributed by atoms with E-state index in [1.54, 1.807) is 20.1 Å². The number of hydrogen-bond acceptors (Lipinski definition) is 8. The molecule has 1 heterocycles. The molecule has 38 heavy (non-hydrogen) atoms. The molecule has 2 aliphatic carbocycles. The Balaban J connectivity index is 2.22. The van der Waals surface area contributed by atoms with Crippen LogP contribution in [-0.4, -0.2) is 49.8 Å². The smallest absolute Gasteiger partial charge is 0.308 e. The molecule has 8 atom stereocenters. The van der Waals surface area contributed by atoms with Gasteiger partial charge in [0.05, 0.1) is 11.5 Å². The predicted octanol–water partition coefficient (Wildman–Crippen LogP) is 5.41. The highest BCUT2D eigenvalue weighted by Crippen LogP contribution is 2.68. The SMILES string of the molecule is C=CC(=C)CC[C@]1(C)[C@H](C)C[C@H](OC)[C@@]23C(=C[C@H](OC(=O)CC)C[C@@H]12)[C@@H](OC(=O)CCC)O[C@H]3OC(C)=O. The van der Waals surface area contributed by atoms with Crippen LogP contribution >= 0.6 is 0 Å². The third kappa shape index (κ3) is 5.48. The Bertz CT molecular complexity index is 969. The Hall–Kier alpha value is -2.45. The van der Waals surface area contributed by atoms with Gasteiger partial charge in [-0.15, -0.1) is 0 Å². The third-order valence-electron chi connectivity index (χ3n) is 8.92. The van der Waals surface area contributed by atoms with Crippen molar-refractivity contribution in [2.75, 3.05) is 7.11 Å². The molecule has 0 aromatic heterocycles. The van der Waals surface area contributed by atoms with Crippen molar-refractivity contribution >= 4 is 17.9 Å². The molecule has 3 aliphatic rings. The lowest BCUT2D eigenvalue weighted by atomic mass is 9.45. The molecular formula is C30H44O8. The number of allylic oxidation sites excluding steroid dienone is 2. The molecule has 0 bridgehead atoms. The number of esters is 3. The van der Waals surface area contributed by atoms with E-state index in [0.717, 1.165) is 18.4 Å². The lowest BCUT2D eigenvalue weighted by molar-refractivity contribution is -0.258. The Morgan fingerprint density at radius 1 is 1.13 bits per heavy atom. The molecule has 0 N–H and O–H groups in total. The van der Waals surface area contributed by atoms with Crippen LogP contribution in [0.1, 0.15) is 79.6 Å². The van der Waals surface area contributed by atoms with Crippen molar-refractivity contribution < 1.29 is 38.1 Å². The first-order valence-corrected chi connectivity index (χ1v) is 13.7. The predicted molar refractivity (Wildman–Crippen MR) is 141 cm³/mol. The summed E-state index contributed by atoms with van der Waals surface area (Å²) in [7, 11) is 1.65. The van der Waals surface area contributed by atoms with E-state index in [1.165, 1.54) is 6.92 Å². The van der Waals surface area contributed by atoms with Gasteiger partial charge >= 0.3 is 17.9 Å². The summed E-state index contributed by atoms with van der Waals surface area (Å²) >= 11 is 0. The number of methoxy groups -OCH3 is 1. The normalized spacial score (nSPS) is 35.8. The van der Waals surface area contributed by atoms with Gasteiger partial charge in [0.2, 0.25) is 12.6 Å². The van der Waals surface area contributed by atoms with E-state index in [0.29, 0.717) is 24.8 Å². The van der Waals surface area contributed by atoms with E-state index in [9.17, 15) is 14.4 Å². The number of hydrogen-bond donors (Lipinski definition) is 0. The molecule has 0 aromatic rings. The van der Waals surface area contributed by atoms with Gasteiger partial charge in [-0.3, -0.25) is 19.1 Å². The fraction of sp³-hybridized carbons (Fsp3) is 0.700. The number of rotatable bonds is 11. The number of ether oxygens (including phenoxy) is 5. The molecular weight excluding hydrogens is 488 g/mol. The summed E-state index contributed by atoms with van der Waals surface area (Å²) in [5.74, 6) is -1.21. The van der Waals surface area contributed by atoms with E-state index < -0.39 is 36.0 Å². The minimum Gasteiger partial charge on any atom is -0.458 e. The van der Waals surface area contributed by atoms with Gasteiger partial charge in [-0.25, -0.2) is 0 Å². The van der Waals surface area contributed by atoms with Gasteiger partial charge in [-0.05, 0) is 55.4 Å². The molecule has 0 aromatic carbocycles. The summed E-state index contributed by atoms with van der Waals surface area (Å²) in [6, 6.07) is 0. The second-order valence-corrected chi connectivity index (χ2v) is 11.1. The van der Waals surface area contributed by atoms with Gasteiger partial charge < -0.3 is 18.9 Å². The highest BCUT2D eigenvalue weighted by Gasteiger charge is 2.71. The van der Waals surface area contributed by atoms with Gasteiger partial charge in [0.1, 0.15) is 6.10 Å². The van der Waals surface area contributed by atoms with E-state index in [-0.39, 0.29) is 42.2 Å². The molecule has 8 heteroatoms. The molecule has 3 rings (SSSR count). The maximum Gasteiger partial charge on any atom is 0.308 e. The standard InChI is InChI=1S/C30H44O8/c1-9-12-26(33)37-27-22-16-21(36-25(32)11-3)17-23-29(7,14-13-18(4)10-2)19(5)15-24(34-8)30(22,23)28(38-27)35-20(6)31/h10,16,19,21,23-24,27-28H,2,4,9,11-15,17H2,1,3,5-8H3/t19-,21+,23+,24+,27+,28-,29-,30-/m1/s1. The third-order valence-corrected chi connectivity index (χ3v) is 8.92. The summed E-state index contributed by atoms with van der Waals surface area (Å²) < 4.78 is 29.9. The lowest BCUT2D eigenvalue weighted by Gasteiger charge is -2.61. The number of carbonyl (C=O) groups excluding carboxylic acids is 3. The van der Waals surface area contributed by atoms with E-state index >= 15 is 0 Å². The molecule has 2 fully saturated rings. The molecule has 1 aliphatic heterocycles. The first-order valence-electron chi connectivity index (χ1n) is 13.7. The lowest BCUT2D eigenvalue weighted by Crippen LogP contribution is -2.63. The quantitative estimate of drug-likeness (QED) is 0.151. The summed E-state index contributed by atoms with van der Waals surface area (Å²) in [6.45, 7) is 17.4. The van der Waals surface area contributed by atoms with Crippen molar-refractivity contribution in [1.29, 1.82) is 0 Å². The van der Waals surface area contributed by atoms with Crippen molar-refractivity contribution in [2.24, 2.45) is 22.7 Å². The van der Waals surface area contributed by atoms with E-state index in [2.05, 4.69) is 27.0 Å². The monoisotopic (exact) mass is 532 g/mol. The van der Waals surface area contributed by atoms with Crippen LogP contribution in [0.15, 0.2) is 36.5 Å². The van der Waals surface area contributed by atoms with Crippen LogP contribution in [0.3, 0.4) is 0 Å². The minimum atomic E-state index is -1.08. The average Bonchev–Trinajstić information content (AvgIpc) is 3.16. The van der Waals surface area contributed by atoms with Crippen LogP contribution in [0.25, 0.3) is 0 Å². The highest BCUT2D eigenvalue weighted by molar-refractivity contribution is 5.70. The van der Waals surface area contributed by atoms with Crippen LogP contribution in [0.5, 0.6) is 0 Å². The Morgan fingerprint density at radius 3 is 2.42 bits per heavy atom. The van der Waals surface area contributed by atoms with Crippen molar-refractivity contribution in [3.63, 3.8) is 0 Å². The van der Waals surface area contributed by atoms with Crippen LogP contribution in [-0.2, 0) is 38.1 Å². The van der Waals surface area contributed by atoms with Gasteiger partial charge in [0.25, 0.3) is 0 Å². The molecule has 1 spiro atoms. The van der Waals surface area contributed by atoms with Crippen LogP contribution in [0.2, 0.25) is 0 Å². The molecule has 0 radical (unpaired) electrons. The zero-order valence-corrected chi connectivity index (χ0v) is 23.7. The van der Waals surface area contributed by atoms with E-state index in [1.807, 2.05) is 13.0 Å². The minimum absolute atomic E-state index is 0.185. The Labute approximate surface area is 226 Å². The Kier molecular flexibility index (Phi) is 9.63. The van der Waals surface area contributed by atoms with Crippen molar-refractivity contribution in [3.8, 4) is 0 Å². The maximum absolute atomic E-state index is 12.6. The van der Waals surface area contributed by atoms with Crippen LogP contribution in [0, 0.1) is 22.7 Å². The maximum atomic E-state index is 12.6. The molecule has 8 nitrogen and oxygen atoms in total. The van der Waals surface area contributed by atoms with Gasteiger partial charge in [-0.2, -0.15) is 0 Å². The molecule has 1 saturated heterocycles. The van der Waals surface area contributed by atoms with Crippen molar-refractivity contribution in [1.82, 2.24) is 0 Å². The van der Waals surface area contributed by atoms with Gasteiger partial charge in [0.15, 0.2) is 0 Å².